The Hall–Kier alpha value is -5.52. The van der Waals surface area contributed by atoms with Gasteiger partial charge in [0.25, 0.3) is 11.8 Å². The number of aromatic nitrogens is 2. The summed E-state index contributed by atoms with van der Waals surface area (Å²) in [5.41, 5.74) is 14.7. The molecule has 0 unspecified atom stereocenters. The number of carbonyl (C=O) groups excluding carboxylic acids is 2. The molecule has 5 N–H and O–H groups in total. The fourth-order valence-electron chi connectivity index (χ4n) is 5.64. The largest absolute Gasteiger partial charge is 0.416 e. The molecule has 0 bridgehead atoms. The topological polar surface area (TPSA) is 107 Å². The second kappa shape index (κ2) is 11.8. The zero-order chi connectivity index (χ0) is 33.7. The minimum Gasteiger partial charge on any atom is -0.364 e. The van der Waals surface area contributed by atoms with E-state index in [9.17, 15) is 35.9 Å². The summed E-state index contributed by atoms with van der Waals surface area (Å²) in [4.78, 5) is 25.9. The molecular weight excluding hydrogens is 610 g/mol. The number of nitrogens with two attached hydrogens (primary N) is 2. The molecule has 0 fully saturated rings. The van der Waals surface area contributed by atoms with Gasteiger partial charge in [-0.25, -0.2) is 13.2 Å². The van der Waals surface area contributed by atoms with Crippen LogP contribution in [0.25, 0.3) is 44.1 Å². The number of H-pyrrole nitrogens is 1. The lowest BCUT2D eigenvalue weighted by atomic mass is 10.00. The maximum Gasteiger partial charge on any atom is 0.416 e. The molecule has 2 heterocycles. The lowest BCUT2D eigenvalue weighted by Crippen LogP contribution is -2.16. The first kappa shape index (κ1) is 31.9. The van der Waals surface area contributed by atoms with Crippen LogP contribution in [0.15, 0.2) is 72.8 Å². The molecule has 0 aliphatic heterocycles. The van der Waals surface area contributed by atoms with Gasteiger partial charge >= 0.3 is 6.18 Å². The van der Waals surface area contributed by atoms with Crippen LogP contribution >= 0.6 is 0 Å². The van der Waals surface area contributed by atoms with Crippen molar-refractivity contribution in [2.45, 2.75) is 20.0 Å². The van der Waals surface area contributed by atoms with Crippen molar-refractivity contribution < 1.29 is 35.9 Å². The van der Waals surface area contributed by atoms with Crippen molar-refractivity contribution in [3.05, 3.63) is 118 Å². The molecule has 2 amide bonds. The normalized spacial score (nSPS) is 11.5. The molecule has 4 aromatic carbocycles. The van der Waals surface area contributed by atoms with E-state index in [0.29, 0.717) is 60.9 Å². The number of aryl methyl sites for hydroxylation is 3. The molecule has 0 atom stereocenters. The Labute approximate surface area is 258 Å². The van der Waals surface area contributed by atoms with Crippen LogP contribution in [0.3, 0.4) is 0 Å². The minimum absolute atomic E-state index is 0.142. The molecule has 0 radical (unpaired) electrons. The monoisotopic (exact) mass is 636 g/mol. The van der Waals surface area contributed by atoms with Crippen molar-refractivity contribution in [2.24, 2.45) is 18.5 Å². The molecule has 2 aromatic heterocycles. The summed E-state index contributed by atoms with van der Waals surface area (Å²) in [5.74, 6) is -2.60. The average molecular weight is 637 g/mol. The highest BCUT2D eigenvalue weighted by Crippen LogP contribution is 2.36. The Morgan fingerprint density at radius 3 is 1.76 bits per heavy atom. The van der Waals surface area contributed by atoms with Gasteiger partial charge in [0.1, 0.15) is 28.8 Å². The van der Waals surface area contributed by atoms with Crippen LogP contribution in [0.1, 0.15) is 37.7 Å². The number of carbonyl (C=O) groups is 2. The second-order valence-electron chi connectivity index (χ2n) is 10.7. The van der Waals surface area contributed by atoms with Crippen molar-refractivity contribution >= 4 is 33.6 Å². The Kier molecular flexibility index (Phi) is 8.16. The number of benzene rings is 4. The number of primary amides is 2. The smallest absolute Gasteiger partial charge is 0.364 e. The van der Waals surface area contributed by atoms with E-state index in [-0.39, 0.29) is 11.5 Å². The predicted octanol–water partition coefficient (Wildman–Crippen LogP) is 7.93. The molecule has 0 spiro atoms. The fourth-order valence-corrected chi connectivity index (χ4v) is 5.64. The summed E-state index contributed by atoms with van der Waals surface area (Å²) in [5, 5.41) is 1.08. The van der Waals surface area contributed by atoms with Gasteiger partial charge in [-0.15, -0.1) is 0 Å². The Balaban J connectivity index is 0.000000182. The summed E-state index contributed by atoms with van der Waals surface area (Å²) in [6.07, 6.45) is -4.45. The number of alkyl halides is 3. The van der Waals surface area contributed by atoms with E-state index >= 15 is 0 Å². The first-order valence-corrected chi connectivity index (χ1v) is 13.7. The van der Waals surface area contributed by atoms with Gasteiger partial charge in [0, 0.05) is 28.9 Å². The molecule has 6 nitrogen and oxygen atoms in total. The molecule has 6 rings (SSSR count). The number of aromatic amines is 1. The van der Waals surface area contributed by atoms with Gasteiger partial charge < -0.3 is 21.0 Å². The van der Waals surface area contributed by atoms with Crippen molar-refractivity contribution in [3.8, 4) is 22.3 Å². The number of nitrogens with one attached hydrogen (secondary N) is 1. The van der Waals surface area contributed by atoms with E-state index in [0.717, 1.165) is 12.1 Å². The van der Waals surface area contributed by atoms with Crippen molar-refractivity contribution in [1.82, 2.24) is 9.55 Å². The predicted molar refractivity (Wildman–Crippen MR) is 163 cm³/mol. The van der Waals surface area contributed by atoms with E-state index < -0.39 is 35.2 Å². The van der Waals surface area contributed by atoms with Gasteiger partial charge in [0.05, 0.1) is 16.6 Å². The summed E-state index contributed by atoms with van der Waals surface area (Å²) < 4.78 is 80.7. The van der Waals surface area contributed by atoms with E-state index in [4.69, 9.17) is 11.5 Å². The summed E-state index contributed by atoms with van der Waals surface area (Å²) in [6, 6.07) is 15.4. The summed E-state index contributed by atoms with van der Waals surface area (Å²) >= 11 is 0. The lowest BCUT2D eigenvalue weighted by molar-refractivity contribution is -0.137. The van der Waals surface area contributed by atoms with E-state index in [1.807, 2.05) is 0 Å². The molecular formula is C34H26F6N4O2. The van der Waals surface area contributed by atoms with E-state index in [1.54, 1.807) is 37.6 Å². The maximum absolute atomic E-state index is 14.0. The molecule has 12 heteroatoms. The second-order valence-corrected chi connectivity index (χ2v) is 10.7. The van der Waals surface area contributed by atoms with Crippen LogP contribution in [0, 0.1) is 31.3 Å². The van der Waals surface area contributed by atoms with Crippen LogP contribution in [0.2, 0.25) is 0 Å². The summed E-state index contributed by atoms with van der Waals surface area (Å²) in [6.45, 7) is 3.35. The quantitative estimate of drug-likeness (QED) is 0.171. The number of hydrogen-bond donors (Lipinski definition) is 3. The van der Waals surface area contributed by atoms with Crippen LogP contribution < -0.4 is 11.5 Å². The highest BCUT2D eigenvalue weighted by Gasteiger charge is 2.30. The van der Waals surface area contributed by atoms with Crippen LogP contribution in [-0.4, -0.2) is 21.4 Å². The zero-order valence-electron chi connectivity index (χ0n) is 24.6. The number of amides is 2. The van der Waals surface area contributed by atoms with Crippen LogP contribution in [0.5, 0.6) is 0 Å². The lowest BCUT2D eigenvalue weighted by Gasteiger charge is -2.09. The third-order valence-corrected chi connectivity index (χ3v) is 7.80. The van der Waals surface area contributed by atoms with Crippen molar-refractivity contribution in [1.29, 1.82) is 0 Å². The molecule has 0 saturated carbocycles. The molecule has 46 heavy (non-hydrogen) atoms. The molecule has 0 saturated heterocycles. The Morgan fingerprint density at radius 2 is 1.22 bits per heavy atom. The first-order valence-electron chi connectivity index (χ1n) is 13.7. The van der Waals surface area contributed by atoms with Gasteiger partial charge in [0.15, 0.2) is 0 Å². The zero-order valence-corrected chi connectivity index (χ0v) is 24.6. The fraction of sp³-hybridized carbons (Fsp3) is 0.118. The highest BCUT2D eigenvalue weighted by atomic mass is 19.4. The minimum atomic E-state index is -4.45. The van der Waals surface area contributed by atoms with Gasteiger partial charge in [-0.2, -0.15) is 13.2 Å². The SMILES string of the molecule is Cc1c(C(N)=O)[nH]c2c(-c3ccc(C(F)(F)F)cc3)cc(F)cc12.Cc1c(C(N)=O)n(C)c2c(-c3ccc(F)cc3)cc(F)cc12. The summed E-state index contributed by atoms with van der Waals surface area (Å²) in [7, 11) is 1.71. The van der Waals surface area contributed by atoms with Crippen LogP contribution in [0.4, 0.5) is 26.3 Å². The molecule has 6 aromatic rings. The molecule has 236 valence electrons. The highest BCUT2D eigenvalue weighted by molar-refractivity contribution is 6.06. The average Bonchev–Trinajstić information content (AvgIpc) is 3.45. The maximum atomic E-state index is 14.0. The Bertz CT molecular complexity index is 2140. The van der Waals surface area contributed by atoms with Gasteiger partial charge in [-0.05, 0) is 84.6 Å². The van der Waals surface area contributed by atoms with Crippen molar-refractivity contribution in [3.63, 3.8) is 0 Å². The van der Waals surface area contributed by atoms with Gasteiger partial charge in [-0.3, -0.25) is 9.59 Å². The number of fused-ring (bicyclic) bond motifs is 2. The third kappa shape index (κ3) is 5.81. The number of nitrogens with zero attached hydrogens (tertiary/aromatic N) is 1. The van der Waals surface area contributed by atoms with Gasteiger partial charge in [-0.1, -0.05) is 24.3 Å². The van der Waals surface area contributed by atoms with Crippen molar-refractivity contribution in [2.75, 3.05) is 0 Å². The standard InChI is InChI=1S/C17H12F4N2O.C17H14F2N2O/c1-8-12-6-11(18)7-13(15(12)23-14(8)16(22)24)9-2-4-10(5-3-9)17(19,20)21;1-9-13-7-12(19)8-14(10-3-5-11(18)6-4-10)16(13)21(2)15(9)17(20)22/h2-7,23H,1H3,(H2,22,24);3-8H,1-2H3,(H2,20,22). The Morgan fingerprint density at radius 1 is 0.696 bits per heavy atom. The van der Waals surface area contributed by atoms with Gasteiger partial charge in [0.2, 0.25) is 0 Å². The van der Waals surface area contributed by atoms with E-state index in [2.05, 4.69) is 4.98 Å². The number of halogens is 6. The number of rotatable bonds is 4. The molecule has 0 aliphatic carbocycles. The third-order valence-electron chi connectivity index (χ3n) is 7.80. The van der Waals surface area contributed by atoms with E-state index in [1.165, 1.54) is 48.5 Å². The molecule has 0 aliphatic rings. The number of hydrogen-bond acceptors (Lipinski definition) is 2. The van der Waals surface area contributed by atoms with Crippen LogP contribution in [-0.2, 0) is 13.2 Å². The first-order chi connectivity index (χ1) is 21.6.